The molecule has 1 aromatic carbocycles. The molecule has 7 heteroatoms. The number of hydrogen-bond donors (Lipinski definition) is 2. The number of aromatic nitrogens is 2. The van der Waals surface area contributed by atoms with Crippen LogP contribution in [0.4, 0.5) is 5.95 Å². The highest BCUT2D eigenvalue weighted by atomic mass is 35.5. The van der Waals surface area contributed by atoms with E-state index in [0.29, 0.717) is 24.6 Å². The van der Waals surface area contributed by atoms with Crippen LogP contribution in [-0.4, -0.2) is 29.9 Å². The molecule has 3 rings (SSSR count). The lowest BCUT2D eigenvalue weighted by Crippen LogP contribution is -2.38. The van der Waals surface area contributed by atoms with Crippen molar-refractivity contribution in [2.24, 2.45) is 0 Å². The van der Waals surface area contributed by atoms with Crippen LogP contribution in [0, 0.1) is 0 Å². The zero-order chi connectivity index (χ0) is 16.2. The molecular formula is C16H19ClN4O2. The van der Waals surface area contributed by atoms with E-state index < -0.39 is 0 Å². The van der Waals surface area contributed by atoms with Gasteiger partial charge in [0, 0.05) is 31.1 Å². The minimum atomic E-state index is -0.154. The summed E-state index contributed by atoms with van der Waals surface area (Å²) < 4.78 is 1.22. The maximum Gasteiger partial charge on any atom is 0.292 e. The van der Waals surface area contributed by atoms with Crippen molar-refractivity contribution in [1.82, 2.24) is 15.0 Å². The number of fused-ring (bicyclic) bond motifs is 1. The fourth-order valence-corrected chi connectivity index (χ4v) is 2.76. The van der Waals surface area contributed by atoms with Gasteiger partial charge in [0.1, 0.15) is 7.11 Å². The minimum Gasteiger partial charge on any atom is -0.411 e. The molecule has 0 radical (unpaired) electrons. The molecule has 6 nitrogen and oxygen atoms in total. The molecule has 0 amide bonds. The molecule has 0 saturated heterocycles. The molecule has 1 aromatic heterocycles. The second-order valence-corrected chi connectivity index (χ2v) is 5.81. The topological polar surface area (TPSA) is 68.2 Å². The Morgan fingerprint density at radius 3 is 2.91 bits per heavy atom. The van der Waals surface area contributed by atoms with Gasteiger partial charge in [0.25, 0.3) is 5.56 Å². The van der Waals surface area contributed by atoms with E-state index in [1.165, 1.54) is 11.8 Å². The highest BCUT2D eigenvalue weighted by Crippen LogP contribution is 2.12. The monoisotopic (exact) mass is 334 g/mol. The molecule has 1 aliphatic rings. The number of hydrogen-bond acceptors (Lipinski definition) is 5. The summed E-state index contributed by atoms with van der Waals surface area (Å²) in [6.45, 7) is 2.02. The first-order chi connectivity index (χ1) is 11.2. The lowest BCUT2D eigenvalue weighted by molar-refractivity contribution is 0.157. The number of nitrogens with one attached hydrogen (secondary N) is 2. The molecule has 2 heterocycles. The van der Waals surface area contributed by atoms with Crippen LogP contribution in [0.1, 0.15) is 16.8 Å². The largest absolute Gasteiger partial charge is 0.411 e. The van der Waals surface area contributed by atoms with Crippen LogP contribution in [0.3, 0.4) is 0 Å². The van der Waals surface area contributed by atoms with E-state index in [0.717, 1.165) is 35.7 Å². The first kappa shape index (κ1) is 15.8. The highest BCUT2D eigenvalue weighted by molar-refractivity contribution is 6.30. The van der Waals surface area contributed by atoms with Gasteiger partial charge in [-0.05, 0) is 24.1 Å². The van der Waals surface area contributed by atoms with Crippen LogP contribution < -0.4 is 21.0 Å². The molecule has 0 fully saturated rings. The third-order valence-corrected chi connectivity index (χ3v) is 4.11. The van der Waals surface area contributed by atoms with Gasteiger partial charge in [-0.15, -0.1) is 4.73 Å². The second kappa shape index (κ2) is 7.02. The summed E-state index contributed by atoms with van der Waals surface area (Å²) in [6.07, 6.45) is 1.55. The molecular weight excluding hydrogens is 316 g/mol. The van der Waals surface area contributed by atoms with E-state index in [-0.39, 0.29) is 5.56 Å². The van der Waals surface area contributed by atoms with Crippen molar-refractivity contribution in [3.05, 3.63) is 56.5 Å². The summed E-state index contributed by atoms with van der Waals surface area (Å²) in [5.74, 6) is 0.451. The van der Waals surface area contributed by atoms with Crippen molar-refractivity contribution < 1.29 is 4.84 Å². The van der Waals surface area contributed by atoms with Crippen molar-refractivity contribution in [1.29, 1.82) is 0 Å². The standard InChI is InChI=1S/C16H19ClN4O2/c1-23-21-15(22)13-10-18-8-7-14(13)20-16(21)19-9-6-11-2-4-12(17)5-3-11/h2-5,18H,6-10H2,1H3,(H,19,20). The van der Waals surface area contributed by atoms with Gasteiger partial charge in [-0.2, -0.15) is 0 Å². The first-order valence-electron chi connectivity index (χ1n) is 7.57. The Morgan fingerprint density at radius 1 is 1.39 bits per heavy atom. The quantitative estimate of drug-likeness (QED) is 0.861. The Balaban J connectivity index is 1.75. The average Bonchev–Trinajstić information content (AvgIpc) is 2.57. The van der Waals surface area contributed by atoms with E-state index >= 15 is 0 Å². The Bertz CT molecular complexity index is 743. The second-order valence-electron chi connectivity index (χ2n) is 5.37. The maximum atomic E-state index is 12.4. The summed E-state index contributed by atoms with van der Waals surface area (Å²) in [7, 11) is 1.47. The highest BCUT2D eigenvalue weighted by Gasteiger charge is 2.19. The molecule has 2 N–H and O–H groups in total. The van der Waals surface area contributed by atoms with Crippen molar-refractivity contribution in [3.63, 3.8) is 0 Å². The number of anilines is 1. The fourth-order valence-electron chi connectivity index (χ4n) is 2.64. The van der Waals surface area contributed by atoms with Gasteiger partial charge in [-0.1, -0.05) is 23.7 Å². The lowest BCUT2D eigenvalue weighted by atomic mass is 10.1. The zero-order valence-corrected chi connectivity index (χ0v) is 13.7. The van der Waals surface area contributed by atoms with E-state index in [2.05, 4.69) is 15.6 Å². The van der Waals surface area contributed by atoms with E-state index in [1.54, 1.807) is 0 Å². The lowest BCUT2D eigenvalue weighted by Gasteiger charge is -2.19. The van der Waals surface area contributed by atoms with Crippen LogP contribution >= 0.6 is 11.6 Å². The van der Waals surface area contributed by atoms with Gasteiger partial charge in [-0.3, -0.25) is 4.79 Å². The van der Waals surface area contributed by atoms with E-state index in [1.807, 2.05) is 24.3 Å². The smallest absolute Gasteiger partial charge is 0.292 e. The molecule has 2 aromatic rings. The Morgan fingerprint density at radius 2 is 2.17 bits per heavy atom. The summed E-state index contributed by atoms with van der Waals surface area (Å²) >= 11 is 5.88. The van der Waals surface area contributed by atoms with Crippen LogP contribution in [0.2, 0.25) is 5.02 Å². The molecule has 0 saturated carbocycles. The summed E-state index contributed by atoms with van der Waals surface area (Å²) in [5.41, 5.74) is 2.53. The van der Waals surface area contributed by atoms with Crippen LogP contribution in [0.25, 0.3) is 0 Å². The van der Waals surface area contributed by atoms with E-state index in [4.69, 9.17) is 16.4 Å². The first-order valence-corrected chi connectivity index (χ1v) is 7.95. The average molecular weight is 335 g/mol. The third kappa shape index (κ3) is 3.48. The molecule has 23 heavy (non-hydrogen) atoms. The molecule has 0 unspecified atom stereocenters. The van der Waals surface area contributed by atoms with Crippen LogP contribution in [0.15, 0.2) is 29.1 Å². The molecule has 0 aliphatic carbocycles. The summed E-state index contributed by atoms with van der Waals surface area (Å²) in [4.78, 5) is 22.2. The van der Waals surface area contributed by atoms with Crippen molar-refractivity contribution in [2.45, 2.75) is 19.4 Å². The molecule has 1 aliphatic heterocycles. The molecule has 122 valence electrons. The molecule has 0 spiro atoms. The molecule has 0 bridgehead atoms. The minimum absolute atomic E-state index is 0.154. The summed E-state index contributed by atoms with van der Waals surface area (Å²) in [5, 5.41) is 7.10. The molecule has 0 atom stereocenters. The Hall–Kier alpha value is -2.05. The SMILES string of the molecule is COn1c(NCCc2ccc(Cl)cc2)nc2c(c1=O)CNCC2. The van der Waals surface area contributed by atoms with Gasteiger partial charge in [0.05, 0.1) is 11.3 Å². The van der Waals surface area contributed by atoms with Crippen LogP contribution in [0.5, 0.6) is 0 Å². The number of halogens is 1. The van der Waals surface area contributed by atoms with Gasteiger partial charge < -0.3 is 15.5 Å². The zero-order valence-electron chi connectivity index (χ0n) is 12.9. The van der Waals surface area contributed by atoms with Gasteiger partial charge in [0.2, 0.25) is 5.95 Å². The number of benzene rings is 1. The van der Waals surface area contributed by atoms with Crippen molar-refractivity contribution in [2.75, 3.05) is 25.5 Å². The van der Waals surface area contributed by atoms with Crippen molar-refractivity contribution in [3.8, 4) is 0 Å². The third-order valence-electron chi connectivity index (χ3n) is 3.86. The fraction of sp³-hybridized carbons (Fsp3) is 0.375. The van der Waals surface area contributed by atoms with Crippen molar-refractivity contribution >= 4 is 17.5 Å². The van der Waals surface area contributed by atoms with Gasteiger partial charge in [0.15, 0.2) is 0 Å². The predicted molar refractivity (Wildman–Crippen MR) is 90.1 cm³/mol. The van der Waals surface area contributed by atoms with Gasteiger partial charge >= 0.3 is 0 Å². The van der Waals surface area contributed by atoms with E-state index in [9.17, 15) is 4.79 Å². The number of rotatable bonds is 5. The summed E-state index contributed by atoms with van der Waals surface area (Å²) in [6, 6.07) is 7.71. The normalized spacial score (nSPS) is 13.5. The van der Waals surface area contributed by atoms with Gasteiger partial charge in [-0.25, -0.2) is 4.98 Å². The Kier molecular flexibility index (Phi) is 4.83. The predicted octanol–water partition coefficient (Wildman–Crippen LogP) is 1.26. The Labute approximate surface area is 139 Å². The number of nitrogens with zero attached hydrogens (tertiary/aromatic N) is 2. The maximum absolute atomic E-state index is 12.4. The van der Waals surface area contributed by atoms with Crippen LogP contribution in [-0.2, 0) is 19.4 Å².